The van der Waals surface area contributed by atoms with Crippen molar-refractivity contribution in [2.24, 2.45) is 0 Å². The minimum absolute atomic E-state index is 0.366. The Labute approximate surface area is 114 Å². The number of aliphatic hydroxyl groups excluding tert-OH is 3. The highest BCUT2D eigenvalue weighted by atomic mass is 35.5. The van der Waals surface area contributed by atoms with Crippen LogP contribution in [0.25, 0.3) is 0 Å². The Kier molecular flexibility index (Phi) is 8.04. The zero-order valence-corrected chi connectivity index (χ0v) is 12.4. The normalized spacial score (nSPS) is 22.6. The number of quaternary nitrogens is 1. The highest BCUT2D eigenvalue weighted by molar-refractivity contribution is 7.82. The average molecular weight is 287 g/mol. The summed E-state index contributed by atoms with van der Waals surface area (Å²) in [5.41, 5.74) is 0. The van der Waals surface area contributed by atoms with E-state index in [4.69, 9.17) is 11.6 Å². The van der Waals surface area contributed by atoms with E-state index in [0.29, 0.717) is 30.7 Å². The maximum Gasteiger partial charge on any atom is 0.125 e. The molecule has 0 aromatic heterocycles. The molecule has 3 N–H and O–H groups in total. The highest BCUT2D eigenvalue weighted by Gasteiger charge is 2.33. The Morgan fingerprint density at radius 2 is 1.18 bits per heavy atom. The van der Waals surface area contributed by atoms with Gasteiger partial charge in [-0.2, -0.15) is 12.6 Å². The van der Waals surface area contributed by atoms with Crippen molar-refractivity contribution in [3.8, 4) is 0 Å². The molecule has 0 radical (unpaired) electrons. The molecule has 0 saturated heterocycles. The van der Waals surface area contributed by atoms with Crippen molar-refractivity contribution in [3.63, 3.8) is 0 Å². The molecule has 0 aliphatic heterocycles. The van der Waals surface area contributed by atoms with Crippen LogP contribution in [0.4, 0.5) is 0 Å². The fraction of sp³-hybridized carbons (Fsp3) is 1.00. The van der Waals surface area contributed by atoms with E-state index >= 15 is 0 Å². The summed E-state index contributed by atoms with van der Waals surface area (Å²) < 4.78 is -0.00347. The molecule has 0 amide bonds. The Hall–Kier alpha value is 0.480. The van der Waals surface area contributed by atoms with Crippen molar-refractivity contribution in [3.05, 3.63) is 0 Å². The minimum atomic E-state index is -0.517. The number of hydrogen-bond donors (Lipinski definition) is 4. The first kappa shape index (κ1) is 17.5. The van der Waals surface area contributed by atoms with Gasteiger partial charge in [0.25, 0.3) is 0 Å². The van der Waals surface area contributed by atoms with Crippen molar-refractivity contribution in [2.75, 3.05) is 26.2 Å². The van der Waals surface area contributed by atoms with Gasteiger partial charge in [0.1, 0.15) is 49.2 Å². The van der Waals surface area contributed by atoms with Gasteiger partial charge in [-0.15, -0.1) is 11.6 Å². The van der Waals surface area contributed by atoms with Gasteiger partial charge in [0.15, 0.2) is 0 Å². The van der Waals surface area contributed by atoms with Crippen LogP contribution < -0.4 is 0 Å². The van der Waals surface area contributed by atoms with E-state index in [2.05, 4.69) is 12.6 Å². The molecule has 0 heterocycles. The van der Waals surface area contributed by atoms with E-state index in [9.17, 15) is 15.3 Å². The standard InChI is InChI=1S/C11H24ClNO3S/c1-8(14)4-13(5-9(2)15,6-10(3)16)7-11(12)17/h8-11,14-16H,4-7H2,1-3H3/p+1. The van der Waals surface area contributed by atoms with Gasteiger partial charge < -0.3 is 19.8 Å². The molecular formula is C11H25ClNO3S+. The van der Waals surface area contributed by atoms with E-state index < -0.39 is 18.3 Å². The third-order valence-electron chi connectivity index (χ3n) is 2.49. The number of hydrogen-bond acceptors (Lipinski definition) is 4. The van der Waals surface area contributed by atoms with E-state index in [-0.39, 0.29) is 4.71 Å². The lowest BCUT2D eigenvalue weighted by atomic mass is 10.2. The van der Waals surface area contributed by atoms with E-state index in [1.54, 1.807) is 20.8 Å². The lowest BCUT2D eigenvalue weighted by Crippen LogP contribution is -2.59. The molecule has 104 valence electrons. The summed E-state index contributed by atoms with van der Waals surface area (Å²) >= 11 is 10.1. The van der Waals surface area contributed by atoms with Crippen molar-refractivity contribution in [1.29, 1.82) is 0 Å². The molecule has 0 aliphatic rings. The number of thiol groups is 1. The molecule has 0 aliphatic carbocycles. The number of halogens is 1. The SMILES string of the molecule is CC(O)C[N+](CC(C)O)(CC(C)O)CC(S)Cl. The smallest absolute Gasteiger partial charge is 0.125 e. The zero-order valence-electron chi connectivity index (χ0n) is 10.8. The first-order valence-electron chi connectivity index (χ1n) is 5.88. The Morgan fingerprint density at radius 3 is 1.35 bits per heavy atom. The summed E-state index contributed by atoms with van der Waals surface area (Å²) in [6, 6.07) is 0. The molecule has 4 unspecified atom stereocenters. The Balaban J connectivity index is 4.89. The average Bonchev–Trinajstić information content (AvgIpc) is 1.95. The summed E-state index contributed by atoms with van der Waals surface area (Å²) in [5, 5.41) is 28.7. The monoisotopic (exact) mass is 286 g/mol. The molecule has 0 fully saturated rings. The third-order valence-corrected chi connectivity index (χ3v) is 2.79. The van der Waals surface area contributed by atoms with Gasteiger partial charge in [-0.05, 0) is 20.8 Å². The number of nitrogens with zero attached hydrogens (tertiary/aromatic N) is 1. The summed E-state index contributed by atoms with van der Waals surface area (Å²) in [6.45, 7) is 6.90. The largest absolute Gasteiger partial charge is 0.388 e. The number of aliphatic hydroxyl groups is 3. The summed E-state index contributed by atoms with van der Waals surface area (Å²) in [6.07, 6.45) is -1.55. The summed E-state index contributed by atoms with van der Waals surface area (Å²) in [5.74, 6) is 0. The molecule has 0 aromatic rings. The lowest BCUT2D eigenvalue weighted by molar-refractivity contribution is -0.934. The predicted molar refractivity (Wildman–Crippen MR) is 73.4 cm³/mol. The minimum Gasteiger partial charge on any atom is -0.388 e. The van der Waals surface area contributed by atoms with Crippen molar-refractivity contribution < 1.29 is 19.8 Å². The van der Waals surface area contributed by atoms with Crippen LogP contribution in [-0.2, 0) is 0 Å². The first-order chi connectivity index (χ1) is 7.67. The van der Waals surface area contributed by atoms with E-state index in [1.165, 1.54) is 0 Å². The van der Waals surface area contributed by atoms with E-state index in [1.807, 2.05) is 0 Å². The van der Waals surface area contributed by atoms with E-state index in [0.717, 1.165) is 0 Å². The highest BCUT2D eigenvalue weighted by Crippen LogP contribution is 2.17. The molecule has 4 atom stereocenters. The van der Waals surface area contributed by atoms with Crippen LogP contribution >= 0.6 is 24.2 Å². The lowest BCUT2D eigenvalue weighted by Gasteiger charge is -2.41. The fourth-order valence-electron chi connectivity index (χ4n) is 2.45. The van der Waals surface area contributed by atoms with Gasteiger partial charge in [-0.25, -0.2) is 0 Å². The second-order valence-electron chi connectivity index (χ2n) is 5.05. The van der Waals surface area contributed by atoms with Crippen LogP contribution in [0.5, 0.6) is 0 Å². The third kappa shape index (κ3) is 8.24. The van der Waals surface area contributed by atoms with Crippen molar-refractivity contribution in [1.82, 2.24) is 0 Å². The molecular weight excluding hydrogens is 262 g/mol. The van der Waals surface area contributed by atoms with Crippen LogP contribution in [-0.4, -0.2) is 69.0 Å². The van der Waals surface area contributed by atoms with Crippen molar-refractivity contribution >= 4 is 24.2 Å². The van der Waals surface area contributed by atoms with Crippen LogP contribution in [0.3, 0.4) is 0 Å². The molecule has 6 heteroatoms. The van der Waals surface area contributed by atoms with Gasteiger partial charge in [0.05, 0.1) is 0 Å². The molecule has 4 nitrogen and oxygen atoms in total. The van der Waals surface area contributed by atoms with Crippen LogP contribution in [0.15, 0.2) is 0 Å². The maximum absolute atomic E-state index is 9.58. The molecule has 0 bridgehead atoms. The number of rotatable bonds is 8. The van der Waals surface area contributed by atoms with Crippen molar-refractivity contribution in [2.45, 2.75) is 43.8 Å². The summed E-state index contributed by atoms with van der Waals surface area (Å²) in [7, 11) is 0. The molecule has 0 spiro atoms. The van der Waals surface area contributed by atoms with Gasteiger partial charge in [0, 0.05) is 0 Å². The van der Waals surface area contributed by atoms with Crippen LogP contribution in [0, 0.1) is 0 Å². The fourth-order valence-corrected chi connectivity index (χ4v) is 3.09. The topological polar surface area (TPSA) is 60.7 Å². The summed E-state index contributed by atoms with van der Waals surface area (Å²) in [4.78, 5) is 0. The number of alkyl halides is 1. The van der Waals surface area contributed by atoms with Gasteiger partial charge in [0.2, 0.25) is 0 Å². The molecule has 17 heavy (non-hydrogen) atoms. The van der Waals surface area contributed by atoms with Gasteiger partial charge in [-0.3, -0.25) is 0 Å². The molecule has 0 rings (SSSR count). The second-order valence-corrected chi connectivity index (χ2v) is 6.51. The predicted octanol–water partition coefficient (Wildman–Crippen LogP) is 0.440. The molecule has 0 saturated carbocycles. The quantitative estimate of drug-likeness (QED) is 0.298. The van der Waals surface area contributed by atoms with Crippen LogP contribution in [0.2, 0.25) is 0 Å². The van der Waals surface area contributed by atoms with Crippen LogP contribution in [0.1, 0.15) is 20.8 Å². The maximum atomic E-state index is 9.58. The molecule has 0 aromatic carbocycles. The Morgan fingerprint density at radius 1 is 0.882 bits per heavy atom. The second kappa shape index (κ2) is 7.81. The van der Waals surface area contributed by atoms with Gasteiger partial charge in [-0.1, -0.05) is 0 Å². The zero-order chi connectivity index (χ0) is 13.6. The first-order valence-corrected chi connectivity index (χ1v) is 6.83. The Bertz CT molecular complexity index is 167. The van der Waals surface area contributed by atoms with Gasteiger partial charge >= 0.3 is 0 Å².